The molecule has 0 atom stereocenters. The number of carbonyl (C=O) groups is 1. The van der Waals surface area contributed by atoms with Gasteiger partial charge in [0.25, 0.3) is 0 Å². The van der Waals surface area contributed by atoms with Gasteiger partial charge in [0.2, 0.25) is 0 Å². The van der Waals surface area contributed by atoms with Gasteiger partial charge in [0.15, 0.2) is 6.29 Å². The van der Waals surface area contributed by atoms with Crippen molar-refractivity contribution in [1.29, 1.82) is 0 Å². The van der Waals surface area contributed by atoms with Gasteiger partial charge < -0.3 is 10.4 Å². The third kappa shape index (κ3) is 2.79. The quantitative estimate of drug-likeness (QED) is 0.646. The molecule has 1 aliphatic rings. The predicted octanol–water partition coefficient (Wildman–Crippen LogP) is 1.97. The fourth-order valence-electron chi connectivity index (χ4n) is 2.24. The molecule has 1 aliphatic carbocycles. The first-order chi connectivity index (χ1) is 8.54. The van der Waals surface area contributed by atoms with Crippen molar-refractivity contribution < 1.29 is 9.90 Å². The molecule has 6 heteroatoms. The first-order valence-corrected chi connectivity index (χ1v) is 6.37. The number of nitrogens with zero attached hydrogens (tertiary/aromatic N) is 2. The van der Waals surface area contributed by atoms with Gasteiger partial charge in [-0.2, -0.15) is 0 Å². The van der Waals surface area contributed by atoms with Crippen LogP contribution in [0, 0.1) is 6.92 Å². The molecule has 0 amide bonds. The Morgan fingerprint density at radius 1 is 1.44 bits per heavy atom. The highest BCUT2D eigenvalue weighted by Gasteiger charge is 2.31. The molecule has 0 radical (unpaired) electrons. The Labute approximate surface area is 111 Å². The zero-order valence-corrected chi connectivity index (χ0v) is 11.0. The number of halogens is 1. The number of rotatable bonds is 4. The Balaban J connectivity index is 2.15. The summed E-state index contributed by atoms with van der Waals surface area (Å²) in [5.74, 6) is 0.884. The average Bonchev–Trinajstić information content (AvgIpc) is 2.73. The maximum absolute atomic E-state index is 11.0. The van der Waals surface area contributed by atoms with Crippen LogP contribution in [0.5, 0.6) is 0 Å². The van der Waals surface area contributed by atoms with Crippen LogP contribution in [-0.4, -0.2) is 33.5 Å². The molecule has 0 saturated heterocycles. The van der Waals surface area contributed by atoms with E-state index in [1.807, 2.05) is 0 Å². The van der Waals surface area contributed by atoms with E-state index in [0.717, 1.165) is 25.7 Å². The number of nitrogens with one attached hydrogen (secondary N) is 1. The standard InChI is InChI=1S/C12H16ClN3O2/c1-8-15-10(13)9(6-17)11(16-8)14-7-12(18)4-2-3-5-12/h6,18H,2-5,7H2,1H3,(H,14,15,16). The summed E-state index contributed by atoms with van der Waals surface area (Å²) in [6.07, 6.45) is 4.23. The molecule has 0 aliphatic heterocycles. The van der Waals surface area contributed by atoms with E-state index in [1.165, 1.54) is 0 Å². The molecular formula is C12H16ClN3O2. The van der Waals surface area contributed by atoms with Crippen LogP contribution in [0.1, 0.15) is 41.9 Å². The predicted molar refractivity (Wildman–Crippen MR) is 69.1 cm³/mol. The number of aliphatic hydroxyl groups is 1. The molecule has 1 saturated carbocycles. The minimum absolute atomic E-state index is 0.137. The molecule has 1 heterocycles. The largest absolute Gasteiger partial charge is 0.388 e. The fraction of sp³-hybridized carbons (Fsp3) is 0.583. The smallest absolute Gasteiger partial charge is 0.156 e. The minimum Gasteiger partial charge on any atom is -0.388 e. The van der Waals surface area contributed by atoms with Gasteiger partial charge >= 0.3 is 0 Å². The minimum atomic E-state index is -0.703. The Hall–Kier alpha value is -1.20. The summed E-state index contributed by atoms with van der Waals surface area (Å²) in [5.41, 5.74) is -0.463. The lowest BCUT2D eigenvalue weighted by Crippen LogP contribution is -2.34. The Morgan fingerprint density at radius 3 is 2.72 bits per heavy atom. The number of hydrogen-bond donors (Lipinski definition) is 2. The maximum Gasteiger partial charge on any atom is 0.156 e. The lowest BCUT2D eigenvalue weighted by Gasteiger charge is -2.23. The SMILES string of the molecule is Cc1nc(Cl)c(C=O)c(NCC2(O)CCCC2)n1. The molecule has 2 N–H and O–H groups in total. The van der Waals surface area contributed by atoms with Crippen LogP contribution in [0.25, 0.3) is 0 Å². The third-order valence-electron chi connectivity index (χ3n) is 3.25. The van der Waals surface area contributed by atoms with Crippen molar-refractivity contribution in [3.8, 4) is 0 Å². The molecule has 1 aromatic heterocycles. The number of aryl methyl sites for hydroxylation is 1. The van der Waals surface area contributed by atoms with Gasteiger partial charge in [0.1, 0.15) is 16.8 Å². The van der Waals surface area contributed by atoms with E-state index < -0.39 is 5.60 Å². The molecular weight excluding hydrogens is 254 g/mol. The van der Waals surface area contributed by atoms with Crippen LogP contribution in [0.15, 0.2) is 0 Å². The number of aromatic nitrogens is 2. The molecule has 18 heavy (non-hydrogen) atoms. The molecule has 0 aromatic carbocycles. The average molecular weight is 270 g/mol. The van der Waals surface area contributed by atoms with E-state index in [9.17, 15) is 9.90 Å². The summed E-state index contributed by atoms with van der Waals surface area (Å²) >= 11 is 5.88. The van der Waals surface area contributed by atoms with E-state index in [-0.39, 0.29) is 10.7 Å². The van der Waals surface area contributed by atoms with Crippen molar-refractivity contribution in [2.45, 2.75) is 38.2 Å². The second-order valence-electron chi connectivity index (χ2n) is 4.73. The topological polar surface area (TPSA) is 75.1 Å². The summed E-state index contributed by atoms with van der Waals surface area (Å²) < 4.78 is 0. The van der Waals surface area contributed by atoms with Crippen molar-refractivity contribution in [2.24, 2.45) is 0 Å². The Kier molecular flexibility index (Phi) is 3.82. The molecule has 5 nitrogen and oxygen atoms in total. The number of aldehydes is 1. The number of carbonyl (C=O) groups excluding carboxylic acids is 1. The summed E-state index contributed by atoms with van der Waals surface area (Å²) in [5, 5.41) is 13.4. The van der Waals surface area contributed by atoms with Crippen LogP contribution in [0.2, 0.25) is 5.15 Å². The zero-order chi connectivity index (χ0) is 13.2. The number of hydrogen-bond acceptors (Lipinski definition) is 5. The van der Waals surface area contributed by atoms with Crippen molar-refractivity contribution in [3.05, 3.63) is 16.5 Å². The first kappa shape index (κ1) is 13.2. The van der Waals surface area contributed by atoms with Crippen LogP contribution in [0.4, 0.5) is 5.82 Å². The first-order valence-electron chi connectivity index (χ1n) is 6.00. The third-order valence-corrected chi connectivity index (χ3v) is 3.54. The van der Waals surface area contributed by atoms with Crippen LogP contribution in [-0.2, 0) is 0 Å². The normalized spacial score (nSPS) is 17.7. The van der Waals surface area contributed by atoms with Crippen molar-refractivity contribution in [1.82, 2.24) is 9.97 Å². The van der Waals surface area contributed by atoms with Crippen molar-refractivity contribution >= 4 is 23.7 Å². The van der Waals surface area contributed by atoms with Gasteiger partial charge in [-0.1, -0.05) is 24.4 Å². The lowest BCUT2D eigenvalue weighted by molar-refractivity contribution is 0.0613. The van der Waals surface area contributed by atoms with Gasteiger partial charge in [-0.05, 0) is 19.8 Å². The highest BCUT2D eigenvalue weighted by molar-refractivity contribution is 6.32. The highest BCUT2D eigenvalue weighted by Crippen LogP contribution is 2.30. The Bertz CT molecular complexity index is 459. The van der Waals surface area contributed by atoms with Gasteiger partial charge in [-0.25, -0.2) is 9.97 Å². The zero-order valence-electron chi connectivity index (χ0n) is 10.2. The molecule has 1 fully saturated rings. The summed E-state index contributed by atoms with van der Waals surface area (Å²) in [4.78, 5) is 19.0. The second-order valence-corrected chi connectivity index (χ2v) is 5.08. The van der Waals surface area contributed by atoms with E-state index in [2.05, 4.69) is 15.3 Å². The molecule has 1 aromatic rings. The van der Waals surface area contributed by atoms with Gasteiger partial charge in [-0.15, -0.1) is 0 Å². The fourth-order valence-corrected chi connectivity index (χ4v) is 2.50. The maximum atomic E-state index is 11.0. The molecule has 0 bridgehead atoms. The summed E-state index contributed by atoms with van der Waals surface area (Å²) in [6.45, 7) is 2.08. The van der Waals surface area contributed by atoms with Crippen molar-refractivity contribution in [3.63, 3.8) is 0 Å². The van der Waals surface area contributed by atoms with Crippen LogP contribution in [0.3, 0.4) is 0 Å². The van der Waals surface area contributed by atoms with Gasteiger partial charge in [-0.3, -0.25) is 4.79 Å². The van der Waals surface area contributed by atoms with Crippen LogP contribution < -0.4 is 5.32 Å². The summed E-state index contributed by atoms with van der Waals surface area (Å²) in [7, 11) is 0. The van der Waals surface area contributed by atoms with Gasteiger partial charge in [0.05, 0.1) is 11.2 Å². The number of anilines is 1. The van der Waals surface area contributed by atoms with E-state index >= 15 is 0 Å². The molecule has 2 rings (SSSR count). The summed E-state index contributed by atoms with van der Waals surface area (Å²) in [6, 6.07) is 0. The van der Waals surface area contributed by atoms with E-state index in [4.69, 9.17) is 11.6 Å². The highest BCUT2D eigenvalue weighted by atomic mass is 35.5. The monoisotopic (exact) mass is 269 g/mol. The van der Waals surface area contributed by atoms with Gasteiger partial charge in [0, 0.05) is 6.54 Å². The molecule has 0 unspecified atom stereocenters. The lowest BCUT2D eigenvalue weighted by atomic mass is 10.0. The van der Waals surface area contributed by atoms with Crippen LogP contribution >= 0.6 is 11.6 Å². The Morgan fingerprint density at radius 2 is 2.11 bits per heavy atom. The second kappa shape index (κ2) is 5.20. The van der Waals surface area contributed by atoms with Crippen molar-refractivity contribution in [2.75, 3.05) is 11.9 Å². The van der Waals surface area contributed by atoms with E-state index in [0.29, 0.717) is 24.5 Å². The molecule has 0 spiro atoms. The van der Waals surface area contributed by atoms with E-state index in [1.54, 1.807) is 6.92 Å². The molecule has 98 valence electrons.